The SMILES string of the molecule is C#CCCC1(CCC(=O)NS(=O)(=O)c2cnccc2OCC)N=N1. The number of terminal acetylenes is 1. The van der Waals surface area contributed by atoms with Gasteiger partial charge < -0.3 is 4.74 Å². The zero-order valence-corrected chi connectivity index (χ0v) is 14.0. The first kappa shape index (κ1) is 17.9. The van der Waals surface area contributed by atoms with Crippen LogP contribution >= 0.6 is 0 Å². The summed E-state index contributed by atoms with van der Waals surface area (Å²) in [6.07, 6.45) is 9.10. The Morgan fingerprint density at radius 2 is 2.17 bits per heavy atom. The molecule has 0 bridgehead atoms. The lowest BCUT2D eigenvalue weighted by molar-refractivity contribution is -0.119. The van der Waals surface area contributed by atoms with Gasteiger partial charge in [-0.1, -0.05) is 0 Å². The maximum Gasteiger partial charge on any atom is 0.269 e. The summed E-state index contributed by atoms with van der Waals surface area (Å²) in [5.74, 6) is 2.00. The van der Waals surface area contributed by atoms with Crippen molar-refractivity contribution in [3.8, 4) is 18.1 Å². The molecule has 1 N–H and O–H groups in total. The molecule has 0 radical (unpaired) electrons. The minimum absolute atomic E-state index is 0.0268. The molecule has 0 aromatic carbocycles. The second-order valence-corrected chi connectivity index (χ2v) is 6.82. The molecular formula is C15H18N4O4S. The molecule has 0 fully saturated rings. The van der Waals surface area contributed by atoms with Crippen LogP contribution in [-0.2, 0) is 14.8 Å². The number of amides is 1. The molecule has 1 aromatic heterocycles. The van der Waals surface area contributed by atoms with Crippen molar-refractivity contribution in [1.82, 2.24) is 9.71 Å². The summed E-state index contributed by atoms with van der Waals surface area (Å²) >= 11 is 0. The van der Waals surface area contributed by atoms with Gasteiger partial charge in [0.05, 0.1) is 12.8 Å². The predicted octanol–water partition coefficient (Wildman–Crippen LogP) is 1.64. The van der Waals surface area contributed by atoms with Crippen molar-refractivity contribution in [3.63, 3.8) is 0 Å². The Hall–Kier alpha value is -2.47. The highest BCUT2D eigenvalue weighted by Gasteiger charge is 2.39. The Labute approximate surface area is 140 Å². The normalized spacial score (nSPS) is 14.7. The lowest BCUT2D eigenvalue weighted by atomic mass is 10.0. The molecule has 0 unspecified atom stereocenters. The number of nitrogens with one attached hydrogen (secondary N) is 1. The van der Waals surface area contributed by atoms with Crippen LogP contribution in [0.4, 0.5) is 0 Å². The fourth-order valence-corrected chi connectivity index (χ4v) is 3.18. The monoisotopic (exact) mass is 350 g/mol. The van der Waals surface area contributed by atoms with Crippen molar-refractivity contribution in [2.45, 2.75) is 43.2 Å². The first-order chi connectivity index (χ1) is 11.4. The first-order valence-electron chi connectivity index (χ1n) is 7.42. The number of aromatic nitrogens is 1. The molecule has 0 aliphatic carbocycles. The number of ether oxygens (including phenoxy) is 1. The topological polar surface area (TPSA) is 110 Å². The van der Waals surface area contributed by atoms with E-state index in [-0.39, 0.29) is 17.1 Å². The highest BCUT2D eigenvalue weighted by atomic mass is 32.2. The van der Waals surface area contributed by atoms with Crippen LogP contribution in [-0.4, -0.2) is 31.6 Å². The van der Waals surface area contributed by atoms with Crippen LogP contribution in [0.1, 0.15) is 32.6 Å². The van der Waals surface area contributed by atoms with Gasteiger partial charge in [-0.05, 0) is 13.0 Å². The third-order valence-electron chi connectivity index (χ3n) is 3.39. The van der Waals surface area contributed by atoms with E-state index in [4.69, 9.17) is 11.2 Å². The van der Waals surface area contributed by atoms with Gasteiger partial charge in [0.15, 0.2) is 5.66 Å². The molecule has 128 valence electrons. The average molecular weight is 350 g/mol. The van der Waals surface area contributed by atoms with Crippen molar-refractivity contribution in [3.05, 3.63) is 18.5 Å². The summed E-state index contributed by atoms with van der Waals surface area (Å²) in [4.78, 5) is 15.6. The third-order valence-corrected chi connectivity index (χ3v) is 4.77. The van der Waals surface area contributed by atoms with Crippen molar-refractivity contribution in [2.75, 3.05) is 6.61 Å². The largest absolute Gasteiger partial charge is 0.492 e. The van der Waals surface area contributed by atoms with Crippen LogP contribution < -0.4 is 9.46 Å². The maximum atomic E-state index is 12.3. The summed E-state index contributed by atoms with van der Waals surface area (Å²) < 4.78 is 31.9. The molecule has 1 aliphatic heterocycles. The van der Waals surface area contributed by atoms with Gasteiger partial charge in [0.1, 0.15) is 10.6 Å². The Bertz CT molecular complexity index is 777. The summed E-state index contributed by atoms with van der Waals surface area (Å²) in [5.41, 5.74) is -0.627. The second-order valence-electron chi connectivity index (χ2n) is 5.17. The number of pyridine rings is 1. The van der Waals surface area contributed by atoms with Gasteiger partial charge >= 0.3 is 0 Å². The molecule has 1 amide bonds. The van der Waals surface area contributed by atoms with Gasteiger partial charge in [0.2, 0.25) is 5.91 Å². The van der Waals surface area contributed by atoms with Crippen molar-refractivity contribution in [2.24, 2.45) is 10.2 Å². The van der Waals surface area contributed by atoms with Crippen LogP contribution in [0, 0.1) is 12.3 Å². The number of sulfonamides is 1. The van der Waals surface area contributed by atoms with Gasteiger partial charge in [-0.3, -0.25) is 9.78 Å². The fourth-order valence-electron chi connectivity index (χ4n) is 2.08. The van der Waals surface area contributed by atoms with Gasteiger partial charge in [-0.15, -0.1) is 12.3 Å². The summed E-state index contributed by atoms with van der Waals surface area (Å²) in [5, 5.41) is 7.81. The summed E-state index contributed by atoms with van der Waals surface area (Å²) in [7, 11) is -4.06. The van der Waals surface area contributed by atoms with Crippen molar-refractivity contribution < 1.29 is 17.9 Å². The van der Waals surface area contributed by atoms with Gasteiger partial charge in [0, 0.05) is 31.9 Å². The minimum Gasteiger partial charge on any atom is -0.492 e. The van der Waals surface area contributed by atoms with Gasteiger partial charge in [-0.25, -0.2) is 13.1 Å². The second kappa shape index (κ2) is 7.40. The van der Waals surface area contributed by atoms with E-state index in [1.165, 1.54) is 12.3 Å². The molecule has 2 heterocycles. The number of carbonyl (C=O) groups excluding carboxylic acids is 1. The number of hydrogen-bond donors (Lipinski definition) is 1. The predicted molar refractivity (Wildman–Crippen MR) is 85.6 cm³/mol. The molecule has 0 spiro atoms. The lowest BCUT2D eigenvalue weighted by Crippen LogP contribution is -2.31. The molecule has 8 nitrogen and oxygen atoms in total. The summed E-state index contributed by atoms with van der Waals surface area (Å²) in [6.45, 7) is 2.02. The van der Waals surface area contributed by atoms with Crippen LogP contribution in [0.15, 0.2) is 33.6 Å². The van der Waals surface area contributed by atoms with Crippen LogP contribution in [0.2, 0.25) is 0 Å². The molecule has 0 atom stereocenters. The quantitative estimate of drug-likeness (QED) is 0.681. The van der Waals surface area contributed by atoms with Crippen LogP contribution in [0.5, 0.6) is 5.75 Å². The standard InChI is InChI=1S/C15H18N4O4S/c1-3-5-8-15(18-19-15)9-6-14(20)17-24(21,22)13-11-16-10-7-12(13)23-4-2/h1,7,10-11H,4-6,8-9H2,2H3,(H,17,20). The zero-order chi connectivity index (χ0) is 17.6. The van der Waals surface area contributed by atoms with E-state index in [1.54, 1.807) is 6.92 Å². The Morgan fingerprint density at radius 1 is 1.42 bits per heavy atom. The molecule has 1 aromatic rings. The Kier molecular flexibility index (Phi) is 5.51. The number of rotatable bonds is 9. The van der Waals surface area contributed by atoms with Gasteiger partial charge in [0.25, 0.3) is 10.0 Å². The number of nitrogens with zero attached hydrogens (tertiary/aromatic N) is 3. The molecular weight excluding hydrogens is 332 g/mol. The number of carbonyl (C=O) groups is 1. The van der Waals surface area contributed by atoms with Crippen LogP contribution in [0.25, 0.3) is 0 Å². The van der Waals surface area contributed by atoms with E-state index >= 15 is 0 Å². The summed E-state index contributed by atoms with van der Waals surface area (Å²) in [6, 6.07) is 1.43. The maximum absolute atomic E-state index is 12.3. The van der Waals surface area contributed by atoms with Crippen molar-refractivity contribution in [1.29, 1.82) is 0 Å². The highest BCUT2D eigenvalue weighted by Crippen LogP contribution is 2.37. The van der Waals surface area contributed by atoms with E-state index < -0.39 is 21.6 Å². The van der Waals surface area contributed by atoms with E-state index in [9.17, 15) is 13.2 Å². The third kappa shape index (κ3) is 4.52. The highest BCUT2D eigenvalue weighted by molar-refractivity contribution is 7.90. The lowest BCUT2D eigenvalue weighted by Gasteiger charge is -2.12. The first-order valence-corrected chi connectivity index (χ1v) is 8.91. The molecule has 1 aliphatic rings. The zero-order valence-electron chi connectivity index (χ0n) is 13.2. The molecule has 2 rings (SSSR count). The van der Waals surface area contributed by atoms with Crippen LogP contribution in [0.3, 0.4) is 0 Å². The van der Waals surface area contributed by atoms with E-state index in [0.717, 1.165) is 6.20 Å². The molecule has 24 heavy (non-hydrogen) atoms. The fraction of sp³-hybridized carbons (Fsp3) is 0.467. The minimum atomic E-state index is -4.06. The van der Waals surface area contributed by atoms with E-state index in [2.05, 4.69) is 21.1 Å². The Morgan fingerprint density at radius 3 is 2.79 bits per heavy atom. The van der Waals surface area contributed by atoms with Crippen molar-refractivity contribution >= 4 is 15.9 Å². The number of hydrogen-bond acceptors (Lipinski definition) is 7. The molecule has 9 heteroatoms. The van der Waals surface area contributed by atoms with E-state index in [1.807, 2.05) is 4.72 Å². The van der Waals surface area contributed by atoms with Gasteiger partial charge in [-0.2, -0.15) is 10.2 Å². The molecule has 0 saturated carbocycles. The Balaban J connectivity index is 1.97. The molecule has 0 saturated heterocycles. The van der Waals surface area contributed by atoms with E-state index in [0.29, 0.717) is 25.9 Å². The smallest absolute Gasteiger partial charge is 0.269 e. The average Bonchev–Trinajstić information content (AvgIpc) is 3.32.